The number of likely N-dealkylation sites (tertiary alicyclic amines) is 1. The van der Waals surface area contributed by atoms with Gasteiger partial charge in [0.05, 0.1) is 4.92 Å². The third-order valence-electron chi connectivity index (χ3n) is 4.43. The molecule has 0 aromatic heterocycles. The molecule has 23 heavy (non-hydrogen) atoms. The normalized spacial score (nSPS) is 21.5. The summed E-state index contributed by atoms with van der Waals surface area (Å²) in [6, 6.07) is 12.3. The van der Waals surface area contributed by atoms with E-state index in [1.165, 1.54) is 18.2 Å². The van der Waals surface area contributed by atoms with Crippen LogP contribution in [-0.4, -0.2) is 35.1 Å². The highest BCUT2D eigenvalue weighted by Crippen LogP contribution is 2.44. The second-order valence-corrected chi connectivity index (χ2v) is 6.81. The van der Waals surface area contributed by atoms with Gasteiger partial charge in [0.2, 0.25) is 0 Å². The number of nitro groups is 1. The van der Waals surface area contributed by atoms with Gasteiger partial charge in [0, 0.05) is 47.1 Å². The first kappa shape index (κ1) is 16.0. The van der Waals surface area contributed by atoms with Crippen molar-refractivity contribution < 1.29 is 10.0 Å². The highest BCUT2D eigenvalue weighted by Gasteiger charge is 2.36. The average molecular weight is 377 g/mol. The summed E-state index contributed by atoms with van der Waals surface area (Å²) in [5.41, 5.74) is 1.82. The Kier molecular flexibility index (Phi) is 4.37. The molecule has 0 aliphatic carbocycles. The summed E-state index contributed by atoms with van der Waals surface area (Å²) in [5.74, 6) is 0.301. The van der Waals surface area contributed by atoms with Gasteiger partial charge in [-0.15, -0.1) is 0 Å². The lowest BCUT2D eigenvalue weighted by atomic mass is 9.83. The monoisotopic (exact) mass is 376 g/mol. The molecule has 120 valence electrons. The van der Waals surface area contributed by atoms with Crippen molar-refractivity contribution in [3.8, 4) is 5.75 Å². The van der Waals surface area contributed by atoms with Gasteiger partial charge in [0.25, 0.3) is 5.69 Å². The molecule has 0 spiro atoms. The summed E-state index contributed by atoms with van der Waals surface area (Å²) in [7, 11) is 2.03. The van der Waals surface area contributed by atoms with E-state index >= 15 is 0 Å². The second kappa shape index (κ2) is 6.29. The first-order chi connectivity index (χ1) is 11.0. The highest BCUT2D eigenvalue weighted by molar-refractivity contribution is 9.10. The zero-order valence-corrected chi connectivity index (χ0v) is 14.2. The average Bonchev–Trinajstić information content (AvgIpc) is 2.89. The lowest BCUT2D eigenvalue weighted by molar-refractivity contribution is -0.385. The standard InChI is InChI=1S/C17H17BrN2O3/c1-19-9-14(12-4-2-3-5-16(12)18)15(10-19)13-8-11(20(22)23)6-7-17(13)21/h2-8,14-15,21H,9-10H2,1H3/t14-,15?/m1/s1. The van der Waals surface area contributed by atoms with Crippen LogP contribution in [0, 0.1) is 10.1 Å². The molecule has 1 fully saturated rings. The van der Waals surface area contributed by atoms with Crippen LogP contribution in [0.15, 0.2) is 46.9 Å². The molecule has 1 aliphatic heterocycles. The number of nitrogens with zero attached hydrogens (tertiary/aromatic N) is 2. The number of nitro benzene ring substituents is 1. The van der Waals surface area contributed by atoms with E-state index in [9.17, 15) is 15.2 Å². The van der Waals surface area contributed by atoms with E-state index in [1.807, 2.05) is 25.2 Å². The number of likely N-dealkylation sites (N-methyl/N-ethyl adjacent to an activating group) is 1. The van der Waals surface area contributed by atoms with Gasteiger partial charge < -0.3 is 10.0 Å². The van der Waals surface area contributed by atoms with Gasteiger partial charge in [0.15, 0.2) is 0 Å². The molecule has 2 aromatic rings. The lowest BCUT2D eigenvalue weighted by Crippen LogP contribution is -2.13. The molecule has 5 nitrogen and oxygen atoms in total. The van der Waals surface area contributed by atoms with Crippen LogP contribution in [0.2, 0.25) is 0 Å². The Morgan fingerprint density at radius 2 is 1.83 bits per heavy atom. The van der Waals surface area contributed by atoms with Crippen molar-refractivity contribution in [2.45, 2.75) is 11.8 Å². The van der Waals surface area contributed by atoms with Gasteiger partial charge in [-0.3, -0.25) is 10.1 Å². The van der Waals surface area contributed by atoms with Crippen LogP contribution in [0.5, 0.6) is 5.75 Å². The second-order valence-electron chi connectivity index (χ2n) is 5.96. The number of benzene rings is 2. The van der Waals surface area contributed by atoms with Gasteiger partial charge >= 0.3 is 0 Å². The number of non-ortho nitro benzene ring substituents is 1. The fraction of sp³-hybridized carbons (Fsp3) is 0.294. The minimum Gasteiger partial charge on any atom is -0.508 e. The molecule has 1 unspecified atom stereocenters. The number of phenols is 1. The molecule has 2 atom stereocenters. The van der Waals surface area contributed by atoms with Crippen molar-refractivity contribution in [2.75, 3.05) is 20.1 Å². The topological polar surface area (TPSA) is 66.6 Å². The minimum atomic E-state index is -0.422. The first-order valence-corrected chi connectivity index (χ1v) is 8.17. The molecular weight excluding hydrogens is 360 g/mol. The van der Waals surface area contributed by atoms with E-state index in [0.717, 1.165) is 23.1 Å². The SMILES string of the molecule is CN1CC(c2cc([N+](=O)[O-])ccc2O)[C@@H](c2ccccc2Br)C1. The van der Waals surface area contributed by atoms with Crippen molar-refractivity contribution >= 4 is 21.6 Å². The Balaban J connectivity index is 2.05. The van der Waals surface area contributed by atoms with E-state index in [1.54, 1.807) is 0 Å². The van der Waals surface area contributed by atoms with E-state index < -0.39 is 4.92 Å². The van der Waals surface area contributed by atoms with Crippen LogP contribution >= 0.6 is 15.9 Å². The van der Waals surface area contributed by atoms with Crippen molar-refractivity contribution in [1.29, 1.82) is 0 Å². The zero-order chi connectivity index (χ0) is 16.6. The Hall–Kier alpha value is -1.92. The third-order valence-corrected chi connectivity index (χ3v) is 5.15. The molecule has 1 heterocycles. The molecule has 6 heteroatoms. The van der Waals surface area contributed by atoms with E-state index in [-0.39, 0.29) is 23.3 Å². The van der Waals surface area contributed by atoms with Gasteiger partial charge in [-0.25, -0.2) is 0 Å². The van der Waals surface area contributed by atoms with Crippen LogP contribution < -0.4 is 0 Å². The van der Waals surface area contributed by atoms with Crippen LogP contribution in [-0.2, 0) is 0 Å². The Morgan fingerprint density at radius 3 is 2.48 bits per heavy atom. The maximum atomic E-state index is 11.1. The number of phenolic OH excluding ortho intramolecular Hbond substituents is 1. The molecule has 0 bridgehead atoms. The van der Waals surface area contributed by atoms with Gasteiger partial charge in [-0.05, 0) is 24.7 Å². The van der Waals surface area contributed by atoms with Crippen LogP contribution in [0.3, 0.4) is 0 Å². The smallest absolute Gasteiger partial charge is 0.269 e. The van der Waals surface area contributed by atoms with E-state index in [0.29, 0.717) is 5.56 Å². The van der Waals surface area contributed by atoms with Crippen molar-refractivity contribution in [3.05, 3.63) is 68.2 Å². The van der Waals surface area contributed by atoms with Crippen LogP contribution in [0.1, 0.15) is 23.0 Å². The molecule has 1 N–H and O–H groups in total. The van der Waals surface area contributed by atoms with Gasteiger partial charge in [0.1, 0.15) is 5.75 Å². The number of aromatic hydroxyl groups is 1. The maximum absolute atomic E-state index is 11.1. The van der Waals surface area contributed by atoms with Crippen molar-refractivity contribution in [3.63, 3.8) is 0 Å². The highest BCUT2D eigenvalue weighted by atomic mass is 79.9. The molecule has 0 amide bonds. The predicted molar refractivity (Wildman–Crippen MR) is 91.9 cm³/mol. The molecular formula is C17H17BrN2O3. The number of halogens is 1. The van der Waals surface area contributed by atoms with Gasteiger partial charge in [-0.2, -0.15) is 0 Å². The largest absolute Gasteiger partial charge is 0.508 e. The number of hydrogen-bond acceptors (Lipinski definition) is 4. The number of hydrogen-bond donors (Lipinski definition) is 1. The zero-order valence-electron chi connectivity index (χ0n) is 12.6. The molecule has 1 aliphatic rings. The first-order valence-electron chi connectivity index (χ1n) is 7.37. The van der Waals surface area contributed by atoms with Crippen molar-refractivity contribution in [2.24, 2.45) is 0 Å². The summed E-state index contributed by atoms with van der Waals surface area (Å²) in [5, 5.41) is 21.3. The fourth-order valence-corrected chi connectivity index (χ4v) is 3.94. The molecule has 3 rings (SSSR count). The summed E-state index contributed by atoms with van der Waals surface area (Å²) in [6.45, 7) is 1.59. The van der Waals surface area contributed by atoms with Crippen LogP contribution in [0.25, 0.3) is 0 Å². The Morgan fingerprint density at radius 1 is 1.17 bits per heavy atom. The van der Waals surface area contributed by atoms with Crippen molar-refractivity contribution in [1.82, 2.24) is 4.90 Å². The molecule has 1 saturated heterocycles. The summed E-state index contributed by atoms with van der Waals surface area (Å²) < 4.78 is 1.02. The third kappa shape index (κ3) is 3.09. The Bertz CT molecular complexity index is 750. The summed E-state index contributed by atoms with van der Waals surface area (Å²) in [4.78, 5) is 12.8. The minimum absolute atomic E-state index is 0.0123. The van der Waals surface area contributed by atoms with Gasteiger partial charge in [-0.1, -0.05) is 34.1 Å². The lowest BCUT2D eigenvalue weighted by Gasteiger charge is -2.21. The summed E-state index contributed by atoms with van der Waals surface area (Å²) >= 11 is 3.59. The Labute approximate surface area is 142 Å². The molecule has 0 saturated carbocycles. The molecule has 0 radical (unpaired) electrons. The van der Waals surface area contributed by atoms with E-state index in [4.69, 9.17) is 0 Å². The fourth-order valence-electron chi connectivity index (χ4n) is 3.36. The van der Waals surface area contributed by atoms with Crippen LogP contribution in [0.4, 0.5) is 5.69 Å². The quantitative estimate of drug-likeness (QED) is 0.651. The number of rotatable bonds is 3. The predicted octanol–water partition coefficient (Wildman–Crippen LogP) is 3.88. The van der Waals surface area contributed by atoms with E-state index in [2.05, 4.69) is 26.9 Å². The summed E-state index contributed by atoms with van der Waals surface area (Å²) in [6.07, 6.45) is 0. The maximum Gasteiger partial charge on any atom is 0.269 e. The molecule has 2 aromatic carbocycles.